The fourth-order valence-corrected chi connectivity index (χ4v) is 2.22. The van der Waals surface area contributed by atoms with Gasteiger partial charge in [0.2, 0.25) is 0 Å². The summed E-state index contributed by atoms with van der Waals surface area (Å²) in [6.07, 6.45) is 2.30. The third kappa shape index (κ3) is 4.18. The molecule has 4 heteroatoms. The molecule has 0 aliphatic rings. The molecule has 1 aromatic carbocycles. The number of aromatic nitrogens is 1. The van der Waals surface area contributed by atoms with Crippen molar-refractivity contribution in [2.75, 3.05) is 27.2 Å². The molecule has 0 radical (unpaired) electrons. The van der Waals surface area contributed by atoms with Crippen molar-refractivity contribution in [3.05, 3.63) is 46.2 Å². The third-order valence-corrected chi connectivity index (χ3v) is 3.35. The molecule has 108 valence electrons. The lowest BCUT2D eigenvalue weighted by molar-refractivity contribution is 0.391. The number of para-hydroxylation sites is 1. The molecule has 0 fully saturated rings. The highest BCUT2D eigenvalue weighted by molar-refractivity contribution is 5.78. The number of hydrogen-bond donors (Lipinski definition) is 2. The Kier molecular flexibility index (Phi) is 5.32. The van der Waals surface area contributed by atoms with Crippen molar-refractivity contribution in [3.63, 3.8) is 0 Å². The number of fused-ring (bicyclic) bond motifs is 1. The summed E-state index contributed by atoms with van der Waals surface area (Å²) in [4.78, 5) is 17.1. The molecule has 0 saturated heterocycles. The van der Waals surface area contributed by atoms with E-state index in [4.69, 9.17) is 0 Å². The highest BCUT2D eigenvalue weighted by Crippen LogP contribution is 2.09. The van der Waals surface area contributed by atoms with E-state index in [2.05, 4.69) is 29.3 Å². The Labute approximate surface area is 119 Å². The van der Waals surface area contributed by atoms with Crippen molar-refractivity contribution < 1.29 is 0 Å². The summed E-state index contributed by atoms with van der Waals surface area (Å²) in [5.41, 5.74) is 1.70. The van der Waals surface area contributed by atoms with Gasteiger partial charge >= 0.3 is 0 Å². The van der Waals surface area contributed by atoms with Crippen molar-refractivity contribution in [2.24, 2.45) is 0 Å². The number of hydrogen-bond acceptors (Lipinski definition) is 3. The molecule has 0 aliphatic carbocycles. The molecule has 0 saturated carbocycles. The fraction of sp³-hybridized carbons (Fsp3) is 0.438. The van der Waals surface area contributed by atoms with Gasteiger partial charge < -0.3 is 15.2 Å². The largest absolute Gasteiger partial charge is 0.322 e. The molecule has 0 amide bonds. The fourth-order valence-electron chi connectivity index (χ4n) is 2.22. The molecule has 0 aliphatic heterocycles. The molecule has 0 bridgehead atoms. The highest BCUT2D eigenvalue weighted by atomic mass is 16.1. The second-order valence-corrected chi connectivity index (χ2v) is 5.40. The lowest BCUT2D eigenvalue weighted by atomic mass is 10.1. The molecule has 4 nitrogen and oxygen atoms in total. The number of unbranched alkanes of at least 4 members (excludes halogenated alkanes) is 1. The maximum atomic E-state index is 11.9. The van der Waals surface area contributed by atoms with Crippen LogP contribution in [0.25, 0.3) is 10.9 Å². The average Bonchev–Trinajstić information content (AvgIpc) is 2.42. The lowest BCUT2D eigenvalue weighted by Crippen LogP contribution is -2.22. The van der Waals surface area contributed by atoms with Crippen LogP contribution in [-0.4, -0.2) is 37.1 Å². The number of pyridine rings is 1. The van der Waals surface area contributed by atoms with Crippen molar-refractivity contribution >= 4 is 10.9 Å². The van der Waals surface area contributed by atoms with Crippen LogP contribution in [0.5, 0.6) is 0 Å². The smallest absolute Gasteiger partial charge is 0.252 e. The summed E-state index contributed by atoms with van der Waals surface area (Å²) in [6, 6.07) is 9.84. The SMILES string of the molecule is CN(C)CCCCNCc1cc2ccccc2[nH]c1=O. The number of rotatable bonds is 7. The zero-order chi connectivity index (χ0) is 14.4. The molecule has 0 atom stereocenters. The van der Waals surface area contributed by atoms with Crippen LogP contribution < -0.4 is 10.9 Å². The van der Waals surface area contributed by atoms with E-state index in [1.54, 1.807) is 0 Å². The van der Waals surface area contributed by atoms with Gasteiger partial charge in [0.15, 0.2) is 0 Å². The van der Waals surface area contributed by atoms with Gasteiger partial charge in [0.25, 0.3) is 5.56 Å². The Balaban J connectivity index is 1.87. The molecular formula is C16H23N3O. The highest BCUT2D eigenvalue weighted by Gasteiger charge is 2.02. The standard InChI is InChI=1S/C16H23N3O/c1-19(2)10-6-5-9-17-12-14-11-13-7-3-4-8-15(13)18-16(14)20/h3-4,7-8,11,17H,5-6,9-10,12H2,1-2H3,(H,18,20). The predicted molar refractivity (Wildman–Crippen MR) is 84.1 cm³/mol. The molecule has 0 unspecified atom stereocenters. The van der Waals surface area contributed by atoms with Crippen LogP contribution in [-0.2, 0) is 6.54 Å². The maximum absolute atomic E-state index is 11.9. The Bertz CT molecular complexity index is 604. The van der Waals surface area contributed by atoms with Crippen molar-refractivity contribution in [2.45, 2.75) is 19.4 Å². The summed E-state index contributed by atoms with van der Waals surface area (Å²) in [7, 11) is 4.17. The molecule has 0 spiro atoms. The van der Waals surface area contributed by atoms with E-state index >= 15 is 0 Å². The Morgan fingerprint density at radius 2 is 2.00 bits per heavy atom. The zero-order valence-electron chi connectivity index (χ0n) is 12.3. The van der Waals surface area contributed by atoms with E-state index in [0.29, 0.717) is 6.54 Å². The minimum atomic E-state index is 0.00416. The zero-order valence-corrected chi connectivity index (χ0v) is 12.3. The van der Waals surface area contributed by atoms with Gasteiger partial charge in [-0.15, -0.1) is 0 Å². The summed E-state index contributed by atoms with van der Waals surface area (Å²) < 4.78 is 0. The van der Waals surface area contributed by atoms with Crippen LogP contribution in [0.2, 0.25) is 0 Å². The van der Waals surface area contributed by atoms with Gasteiger partial charge in [-0.3, -0.25) is 4.79 Å². The minimum Gasteiger partial charge on any atom is -0.322 e. The first-order valence-corrected chi connectivity index (χ1v) is 7.13. The van der Waals surface area contributed by atoms with Crippen LogP contribution in [0.15, 0.2) is 35.1 Å². The van der Waals surface area contributed by atoms with Gasteiger partial charge in [0, 0.05) is 17.6 Å². The normalized spacial score (nSPS) is 11.3. The van der Waals surface area contributed by atoms with E-state index < -0.39 is 0 Å². The number of nitrogens with zero attached hydrogens (tertiary/aromatic N) is 1. The first-order chi connectivity index (χ1) is 9.66. The Morgan fingerprint density at radius 3 is 2.80 bits per heavy atom. The Hall–Kier alpha value is -1.65. The quantitative estimate of drug-likeness (QED) is 0.758. The molecule has 20 heavy (non-hydrogen) atoms. The van der Waals surface area contributed by atoms with E-state index in [9.17, 15) is 4.79 Å². The van der Waals surface area contributed by atoms with Crippen LogP contribution in [0.1, 0.15) is 18.4 Å². The van der Waals surface area contributed by atoms with Gasteiger partial charge in [-0.2, -0.15) is 0 Å². The van der Waals surface area contributed by atoms with E-state index in [1.165, 1.54) is 6.42 Å². The Morgan fingerprint density at radius 1 is 1.20 bits per heavy atom. The molecule has 2 N–H and O–H groups in total. The van der Waals surface area contributed by atoms with Gasteiger partial charge in [-0.1, -0.05) is 18.2 Å². The number of benzene rings is 1. The van der Waals surface area contributed by atoms with Crippen molar-refractivity contribution in [1.29, 1.82) is 0 Å². The molecule has 2 aromatic rings. The predicted octanol–water partition coefficient (Wildman–Crippen LogP) is 1.96. The summed E-state index contributed by atoms with van der Waals surface area (Å²) in [6.45, 7) is 2.68. The maximum Gasteiger partial charge on any atom is 0.252 e. The number of aromatic amines is 1. The summed E-state index contributed by atoms with van der Waals surface area (Å²) in [5, 5.41) is 4.42. The van der Waals surface area contributed by atoms with Crippen LogP contribution in [0, 0.1) is 0 Å². The molecule has 1 aromatic heterocycles. The second-order valence-electron chi connectivity index (χ2n) is 5.40. The summed E-state index contributed by atoms with van der Waals surface area (Å²) >= 11 is 0. The van der Waals surface area contributed by atoms with Crippen molar-refractivity contribution in [3.8, 4) is 0 Å². The average molecular weight is 273 g/mol. The van der Waals surface area contributed by atoms with Gasteiger partial charge in [0.1, 0.15) is 0 Å². The summed E-state index contributed by atoms with van der Waals surface area (Å²) in [5.74, 6) is 0. The first kappa shape index (κ1) is 14.8. The van der Waals surface area contributed by atoms with Gasteiger partial charge in [0.05, 0.1) is 0 Å². The van der Waals surface area contributed by atoms with Crippen LogP contribution in [0.4, 0.5) is 0 Å². The second kappa shape index (κ2) is 7.22. The van der Waals surface area contributed by atoms with E-state index in [1.807, 2.05) is 30.3 Å². The van der Waals surface area contributed by atoms with Crippen LogP contribution >= 0.6 is 0 Å². The third-order valence-electron chi connectivity index (χ3n) is 3.35. The number of nitrogens with one attached hydrogen (secondary N) is 2. The minimum absolute atomic E-state index is 0.00416. The molecule has 2 rings (SSSR count). The van der Waals surface area contributed by atoms with Crippen molar-refractivity contribution in [1.82, 2.24) is 15.2 Å². The molecular weight excluding hydrogens is 250 g/mol. The first-order valence-electron chi connectivity index (χ1n) is 7.13. The van der Waals surface area contributed by atoms with E-state index in [0.717, 1.165) is 36.0 Å². The lowest BCUT2D eigenvalue weighted by Gasteiger charge is -2.09. The van der Waals surface area contributed by atoms with E-state index in [-0.39, 0.29) is 5.56 Å². The number of H-pyrrole nitrogens is 1. The van der Waals surface area contributed by atoms with Crippen LogP contribution in [0.3, 0.4) is 0 Å². The monoisotopic (exact) mass is 273 g/mol. The van der Waals surface area contributed by atoms with Gasteiger partial charge in [-0.05, 0) is 57.5 Å². The van der Waals surface area contributed by atoms with Gasteiger partial charge in [-0.25, -0.2) is 0 Å². The topological polar surface area (TPSA) is 48.1 Å². The molecule has 1 heterocycles.